The Labute approximate surface area is 259 Å². The standard InChI is InChI=1S/C33H30ClN5O5/c1-20-24(5-3-7-26(20)37-31(41)29-12-10-22(19-40)16-36-29)25-6-4-8-27(30(25)34)38-32(42)28-11-9-21(15-35-28)17-39-14-13-23(18-39)33(43)44-2/h3-12,15-16,19,23H,13-14,17-18H2,1-2H3,(H,37,41)(H,38,42)/t23-/m1/s1. The molecule has 0 unspecified atom stereocenters. The summed E-state index contributed by atoms with van der Waals surface area (Å²) in [6.07, 6.45) is 4.42. The van der Waals surface area contributed by atoms with Crippen molar-refractivity contribution >= 4 is 47.0 Å². The van der Waals surface area contributed by atoms with Gasteiger partial charge in [-0.1, -0.05) is 41.9 Å². The summed E-state index contributed by atoms with van der Waals surface area (Å²) in [6, 6.07) is 17.3. The maximum Gasteiger partial charge on any atom is 0.310 e. The van der Waals surface area contributed by atoms with Gasteiger partial charge in [0.1, 0.15) is 11.4 Å². The van der Waals surface area contributed by atoms with Gasteiger partial charge in [-0.3, -0.25) is 34.0 Å². The Bertz CT molecular complexity index is 1710. The lowest BCUT2D eigenvalue weighted by molar-refractivity contribution is -0.144. The number of aromatic nitrogens is 2. The summed E-state index contributed by atoms with van der Waals surface area (Å²) in [4.78, 5) is 59.1. The molecule has 10 nitrogen and oxygen atoms in total. The minimum Gasteiger partial charge on any atom is -0.469 e. The molecule has 1 atom stereocenters. The average Bonchev–Trinajstić information content (AvgIpc) is 3.51. The molecule has 2 aromatic carbocycles. The van der Waals surface area contributed by atoms with Crippen molar-refractivity contribution in [2.75, 3.05) is 30.8 Å². The van der Waals surface area contributed by atoms with Crippen LogP contribution in [0.2, 0.25) is 5.02 Å². The quantitative estimate of drug-likeness (QED) is 0.190. The molecule has 3 heterocycles. The third-order valence-electron chi connectivity index (χ3n) is 7.54. The van der Waals surface area contributed by atoms with Crippen LogP contribution >= 0.6 is 11.6 Å². The van der Waals surface area contributed by atoms with Gasteiger partial charge in [-0.25, -0.2) is 0 Å². The fraction of sp³-hybridized carbons (Fsp3) is 0.212. The SMILES string of the molecule is COC(=O)[C@@H]1CCN(Cc2ccc(C(=O)Nc3cccc(-c4cccc(NC(=O)c5ccc(C=O)cn5)c4C)c3Cl)nc2)C1. The number of ether oxygens (including phenoxy) is 1. The fourth-order valence-electron chi connectivity index (χ4n) is 5.13. The van der Waals surface area contributed by atoms with Gasteiger partial charge in [-0.05, 0) is 66.9 Å². The number of amides is 2. The molecule has 1 aliphatic heterocycles. The number of aldehydes is 1. The summed E-state index contributed by atoms with van der Waals surface area (Å²) in [5.41, 5.74) is 4.92. The smallest absolute Gasteiger partial charge is 0.310 e. The molecule has 224 valence electrons. The molecule has 4 aromatic rings. The topological polar surface area (TPSA) is 131 Å². The number of likely N-dealkylation sites (tertiary alicyclic amines) is 1. The predicted octanol–water partition coefficient (Wildman–Crippen LogP) is 5.42. The van der Waals surface area contributed by atoms with Crippen LogP contribution in [0.1, 0.15) is 48.9 Å². The number of hydrogen-bond donors (Lipinski definition) is 2. The van der Waals surface area contributed by atoms with Gasteiger partial charge in [0.05, 0.1) is 23.7 Å². The van der Waals surface area contributed by atoms with Crippen LogP contribution < -0.4 is 10.6 Å². The molecule has 2 amide bonds. The van der Waals surface area contributed by atoms with Crippen LogP contribution in [0.5, 0.6) is 0 Å². The maximum atomic E-state index is 13.1. The van der Waals surface area contributed by atoms with Crippen LogP contribution in [0.25, 0.3) is 11.1 Å². The number of rotatable bonds is 9. The van der Waals surface area contributed by atoms with Crippen LogP contribution in [0.4, 0.5) is 11.4 Å². The molecule has 2 aromatic heterocycles. The lowest BCUT2D eigenvalue weighted by Gasteiger charge is -2.16. The molecule has 0 saturated carbocycles. The molecule has 0 bridgehead atoms. The number of pyridine rings is 2. The number of nitrogens with one attached hydrogen (secondary N) is 2. The van der Waals surface area contributed by atoms with Crippen molar-refractivity contribution in [3.63, 3.8) is 0 Å². The number of esters is 1. The van der Waals surface area contributed by atoms with Crippen molar-refractivity contribution < 1.29 is 23.9 Å². The minimum absolute atomic E-state index is 0.117. The number of carbonyl (C=O) groups is 4. The summed E-state index contributed by atoms with van der Waals surface area (Å²) in [7, 11) is 1.40. The summed E-state index contributed by atoms with van der Waals surface area (Å²) >= 11 is 6.79. The molecule has 1 fully saturated rings. The molecule has 5 rings (SSSR count). The normalized spacial score (nSPS) is 14.6. The predicted molar refractivity (Wildman–Crippen MR) is 167 cm³/mol. The lowest BCUT2D eigenvalue weighted by Crippen LogP contribution is -2.23. The molecule has 1 aliphatic rings. The lowest BCUT2D eigenvalue weighted by atomic mass is 9.98. The molecule has 11 heteroatoms. The van der Waals surface area contributed by atoms with Gasteiger partial charge < -0.3 is 15.4 Å². The molecular weight excluding hydrogens is 582 g/mol. The van der Waals surface area contributed by atoms with Crippen molar-refractivity contribution in [3.05, 3.63) is 106 Å². The Hall–Kier alpha value is -4.93. The van der Waals surface area contributed by atoms with E-state index in [0.29, 0.717) is 46.9 Å². The zero-order valence-electron chi connectivity index (χ0n) is 24.2. The highest BCUT2D eigenvalue weighted by Crippen LogP contribution is 2.37. The second kappa shape index (κ2) is 13.6. The second-order valence-corrected chi connectivity index (χ2v) is 10.8. The summed E-state index contributed by atoms with van der Waals surface area (Å²) in [5, 5.41) is 6.05. The maximum absolute atomic E-state index is 13.1. The van der Waals surface area contributed by atoms with Gasteiger partial charge in [0.15, 0.2) is 6.29 Å². The summed E-state index contributed by atoms with van der Waals surface area (Å²) in [6.45, 7) is 3.90. The largest absolute Gasteiger partial charge is 0.469 e. The fourth-order valence-corrected chi connectivity index (χ4v) is 5.40. The number of methoxy groups -OCH3 is 1. The number of nitrogens with zero attached hydrogens (tertiary/aromatic N) is 3. The van der Waals surface area contributed by atoms with E-state index in [0.717, 1.165) is 29.7 Å². The van der Waals surface area contributed by atoms with Crippen molar-refractivity contribution in [3.8, 4) is 11.1 Å². The number of anilines is 2. The summed E-state index contributed by atoms with van der Waals surface area (Å²) < 4.78 is 4.85. The van der Waals surface area contributed by atoms with Gasteiger partial charge in [0.2, 0.25) is 0 Å². The Morgan fingerprint density at radius 2 is 1.59 bits per heavy atom. The first kappa shape index (κ1) is 30.5. The van der Waals surface area contributed by atoms with E-state index < -0.39 is 11.8 Å². The highest BCUT2D eigenvalue weighted by Gasteiger charge is 2.29. The van der Waals surface area contributed by atoms with Crippen LogP contribution in [-0.4, -0.2) is 59.1 Å². The third kappa shape index (κ3) is 6.82. The number of benzene rings is 2. The van der Waals surface area contributed by atoms with Crippen LogP contribution in [0.15, 0.2) is 73.1 Å². The Balaban J connectivity index is 1.27. The van der Waals surface area contributed by atoms with Crippen molar-refractivity contribution in [2.45, 2.75) is 19.9 Å². The zero-order chi connectivity index (χ0) is 31.2. The van der Waals surface area contributed by atoms with Gasteiger partial charge in [-0.2, -0.15) is 0 Å². The Morgan fingerprint density at radius 3 is 2.23 bits per heavy atom. The van der Waals surface area contributed by atoms with Gasteiger partial charge in [0.25, 0.3) is 11.8 Å². The molecular formula is C33H30ClN5O5. The van der Waals surface area contributed by atoms with E-state index in [9.17, 15) is 19.2 Å². The van der Waals surface area contributed by atoms with Gasteiger partial charge in [0, 0.05) is 42.3 Å². The first-order valence-corrected chi connectivity index (χ1v) is 14.3. The Kier molecular flexibility index (Phi) is 9.42. The highest BCUT2D eigenvalue weighted by molar-refractivity contribution is 6.36. The number of halogens is 1. The number of hydrogen-bond acceptors (Lipinski definition) is 8. The van der Waals surface area contributed by atoms with E-state index >= 15 is 0 Å². The van der Waals surface area contributed by atoms with Crippen molar-refractivity contribution in [1.29, 1.82) is 0 Å². The molecule has 0 spiro atoms. The second-order valence-electron chi connectivity index (χ2n) is 10.4. The van der Waals surface area contributed by atoms with Crippen LogP contribution in [-0.2, 0) is 16.1 Å². The molecule has 0 aliphatic carbocycles. The zero-order valence-corrected chi connectivity index (χ0v) is 24.9. The van der Waals surface area contributed by atoms with Gasteiger partial charge >= 0.3 is 5.97 Å². The van der Waals surface area contributed by atoms with Gasteiger partial charge in [-0.15, -0.1) is 0 Å². The van der Waals surface area contributed by atoms with E-state index in [1.165, 1.54) is 25.4 Å². The van der Waals surface area contributed by atoms with E-state index in [1.54, 1.807) is 36.5 Å². The van der Waals surface area contributed by atoms with E-state index in [4.69, 9.17) is 16.3 Å². The van der Waals surface area contributed by atoms with Crippen molar-refractivity contribution in [2.24, 2.45) is 5.92 Å². The van der Waals surface area contributed by atoms with Crippen LogP contribution in [0, 0.1) is 12.8 Å². The Morgan fingerprint density at radius 1 is 0.932 bits per heavy atom. The number of carbonyl (C=O) groups excluding carboxylic acids is 4. The highest BCUT2D eigenvalue weighted by atomic mass is 35.5. The van der Waals surface area contributed by atoms with E-state index in [2.05, 4.69) is 25.5 Å². The molecule has 0 radical (unpaired) electrons. The third-order valence-corrected chi connectivity index (χ3v) is 7.95. The van der Waals surface area contributed by atoms with Crippen LogP contribution in [0.3, 0.4) is 0 Å². The van der Waals surface area contributed by atoms with E-state index in [-0.39, 0.29) is 23.3 Å². The first-order valence-electron chi connectivity index (χ1n) is 13.9. The minimum atomic E-state index is -0.417. The molecule has 44 heavy (non-hydrogen) atoms. The summed E-state index contributed by atoms with van der Waals surface area (Å²) in [5.74, 6) is -1.13. The monoisotopic (exact) mass is 611 g/mol. The molecule has 1 saturated heterocycles. The first-order chi connectivity index (χ1) is 21.3. The van der Waals surface area contributed by atoms with Crippen molar-refractivity contribution in [1.82, 2.24) is 14.9 Å². The average molecular weight is 612 g/mol. The van der Waals surface area contributed by atoms with E-state index in [1.807, 2.05) is 25.1 Å². The molecule has 2 N–H and O–H groups in total.